The molecule has 5 rings (SSSR count). The number of benzene rings is 3. The van der Waals surface area contributed by atoms with E-state index in [2.05, 4.69) is 11.4 Å². The van der Waals surface area contributed by atoms with E-state index in [0.29, 0.717) is 22.9 Å². The maximum absolute atomic E-state index is 12.7. The number of hydrogen-bond acceptors (Lipinski definition) is 5. The third kappa shape index (κ3) is 3.78. The van der Waals surface area contributed by atoms with Crippen LogP contribution in [-0.2, 0) is 22.2 Å². The largest absolute Gasteiger partial charge is 0.497 e. The minimum absolute atomic E-state index is 0.134. The molecule has 7 nitrogen and oxygen atoms in total. The lowest BCUT2D eigenvalue weighted by Crippen LogP contribution is -2.33. The first-order chi connectivity index (χ1) is 17.5. The summed E-state index contributed by atoms with van der Waals surface area (Å²) in [6.45, 7) is -0.134. The standard InChI is InChI=1S/C29H25N3O4/c1-32-22(17-30)9-15-27(32)19-4-14-26-25(16-19)29(36-18-28(33)31-26,20-5-10-23(34-2)11-6-20)21-7-12-24(35-3)13-8-21/h4-16H,18H2,1-3H3,(H,31,33). The van der Waals surface area contributed by atoms with E-state index in [4.69, 9.17) is 14.2 Å². The molecule has 1 aliphatic rings. The van der Waals surface area contributed by atoms with Crippen LogP contribution >= 0.6 is 0 Å². The second kappa shape index (κ2) is 9.25. The summed E-state index contributed by atoms with van der Waals surface area (Å²) in [5, 5.41) is 12.4. The number of amides is 1. The molecule has 0 spiro atoms. The van der Waals surface area contributed by atoms with Gasteiger partial charge in [0.15, 0.2) is 0 Å². The normalized spacial score (nSPS) is 14.2. The molecule has 7 heteroatoms. The van der Waals surface area contributed by atoms with Gasteiger partial charge in [-0.2, -0.15) is 5.26 Å². The molecule has 0 saturated heterocycles. The van der Waals surface area contributed by atoms with Crippen molar-refractivity contribution in [1.29, 1.82) is 5.26 Å². The molecule has 36 heavy (non-hydrogen) atoms. The van der Waals surface area contributed by atoms with Crippen LogP contribution in [0.15, 0.2) is 78.9 Å². The Hall–Kier alpha value is -4.54. The first kappa shape index (κ1) is 23.2. The van der Waals surface area contributed by atoms with Crippen LogP contribution in [0.2, 0.25) is 0 Å². The molecule has 3 aromatic carbocycles. The maximum atomic E-state index is 12.7. The molecule has 0 saturated carbocycles. The van der Waals surface area contributed by atoms with Crippen molar-refractivity contribution in [2.75, 3.05) is 26.1 Å². The zero-order chi connectivity index (χ0) is 25.3. The summed E-state index contributed by atoms with van der Waals surface area (Å²) in [5.74, 6) is 1.19. The molecule has 4 aromatic rings. The number of fused-ring (bicyclic) bond motifs is 1. The van der Waals surface area contributed by atoms with Crippen LogP contribution in [0.5, 0.6) is 11.5 Å². The fraction of sp³-hybridized carbons (Fsp3) is 0.172. The summed E-state index contributed by atoms with van der Waals surface area (Å²) in [4.78, 5) is 12.7. The van der Waals surface area contributed by atoms with Gasteiger partial charge in [0.05, 0.1) is 14.2 Å². The van der Waals surface area contributed by atoms with Crippen LogP contribution < -0.4 is 14.8 Å². The van der Waals surface area contributed by atoms with Gasteiger partial charge in [-0.25, -0.2) is 0 Å². The zero-order valence-electron chi connectivity index (χ0n) is 20.2. The van der Waals surface area contributed by atoms with E-state index < -0.39 is 5.60 Å². The van der Waals surface area contributed by atoms with E-state index in [1.807, 2.05) is 84.4 Å². The molecule has 0 unspecified atom stereocenters. The Morgan fingerprint density at radius 1 is 0.917 bits per heavy atom. The number of carbonyl (C=O) groups excluding carboxylic acids is 1. The Kier molecular flexibility index (Phi) is 5.96. The molecule has 0 bridgehead atoms. The van der Waals surface area contributed by atoms with E-state index in [9.17, 15) is 10.1 Å². The smallest absolute Gasteiger partial charge is 0.250 e. The van der Waals surface area contributed by atoms with Gasteiger partial charge in [-0.15, -0.1) is 0 Å². The van der Waals surface area contributed by atoms with Gasteiger partial charge in [-0.1, -0.05) is 30.3 Å². The highest BCUT2D eigenvalue weighted by Crippen LogP contribution is 2.46. The summed E-state index contributed by atoms with van der Waals surface area (Å²) < 4.78 is 19.2. The van der Waals surface area contributed by atoms with Crippen molar-refractivity contribution in [3.63, 3.8) is 0 Å². The van der Waals surface area contributed by atoms with Gasteiger partial charge < -0.3 is 24.1 Å². The van der Waals surface area contributed by atoms with Crippen LogP contribution in [0, 0.1) is 11.3 Å². The molecule has 2 heterocycles. The minimum Gasteiger partial charge on any atom is -0.497 e. The maximum Gasteiger partial charge on any atom is 0.250 e. The lowest BCUT2D eigenvalue weighted by atomic mass is 9.78. The number of methoxy groups -OCH3 is 2. The van der Waals surface area contributed by atoms with Crippen molar-refractivity contribution in [3.05, 3.63) is 101 Å². The zero-order valence-corrected chi connectivity index (χ0v) is 20.2. The monoisotopic (exact) mass is 479 g/mol. The Morgan fingerprint density at radius 2 is 1.53 bits per heavy atom. The van der Waals surface area contributed by atoms with Crippen molar-refractivity contribution in [1.82, 2.24) is 4.57 Å². The van der Waals surface area contributed by atoms with Crippen LogP contribution in [0.25, 0.3) is 11.3 Å². The molecule has 1 aliphatic heterocycles. The molecule has 180 valence electrons. The first-order valence-electron chi connectivity index (χ1n) is 11.4. The number of nitrogens with zero attached hydrogens (tertiary/aromatic N) is 2. The third-order valence-corrected chi connectivity index (χ3v) is 6.62. The Labute approximate surface area is 209 Å². The van der Waals surface area contributed by atoms with Gasteiger partial charge in [-0.3, -0.25) is 4.79 Å². The highest BCUT2D eigenvalue weighted by atomic mass is 16.5. The third-order valence-electron chi connectivity index (χ3n) is 6.62. The SMILES string of the molecule is COc1ccc(C2(c3ccc(OC)cc3)OCC(=O)Nc3ccc(-c4ccc(C#N)n4C)cc32)cc1. The average molecular weight is 480 g/mol. The van der Waals surface area contributed by atoms with E-state index in [1.54, 1.807) is 20.3 Å². The number of anilines is 1. The molecular weight excluding hydrogens is 454 g/mol. The number of hydrogen-bond donors (Lipinski definition) is 1. The molecule has 0 fully saturated rings. The van der Waals surface area contributed by atoms with Gasteiger partial charge >= 0.3 is 0 Å². The minimum atomic E-state index is -1.10. The van der Waals surface area contributed by atoms with Crippen molar-refractivity contribution >= 4 is 11.6 Å². The number of ether oxygens (including phenoxy) is 3. The summed E-state index contributed by atoms with van der Waals surface area (Å²) >= 11 is 0. The molecule has 0 atom stereocenters. The van der Waals surface area contributed by atoms with Gasteiger partial charge in [0.25, 0.3) is 0 Å². The van der Waals surface area contributed by atoms with E-state index in [-0.39, 0.29) is 12.5 Å². The van der Waals surface area contributed by atoms with Crippen LogP contribution in [-0.4, -0.2) is 31.3 Å². The summed E-state index contributed by atoms with van der Waals surface area (Å²) in [6.07, 6.45) is 0. The number of rotatable bonds is 5. The van der Waals surface area contributed by atoms with Crippen molar-refractivity contribution < 1.29 is 19.0 Å². The molecular formula is C29H25N3O4. The van der Waals surface area contributed by atoms with Gasteiger partial charge in [-0.05, 0) is 65.2 Å². The number of aromatic nitrogens is 1. The first-order valence-corrected chi connectivity index (χ1v) is 11.4. The Balaban J connectivity index is 1.80. The predicted octanol–water partition coefficient (Wildman–Crippen LogP) is 4.84. The summed E-state index contributed by atoms with van der Waals surface area (Å²) in [7, 11) is 5.10. The number of nitrogens with one attached hydrogen (secondary N) is 1. The summed E-state index contributed by atoms with van der Waals surface area (Å²) in [6, 6.07) is 27.1. The fourth-order valence-electron chi connectivity index (χ4n) is 4.75. The van der Waals surface area contributed by atoms with Crippen molar-refractivity contribution in [2.24, 2.45) is 7.05 Å². The quantitative estimate of drug-likeness (QED) is 0.443. The van der Waals surface area contributed by atoms with Crippen LogP contribution in [0.1, 0.15) is 22.4 Å². The van der Waals surface area contributed by atoms with Crippen LogP contribution in [0.3, 0.4) is 0 Å². The van der Waals surface area contributed by atoms with Crippen LogP contribution in [0.4, 0.5) is 5.69 Å². The highest BCUT2D eigenvalue weighted by molar-refractivity contribution is 5.94. The van der Waals surface area contributed by atoms with Gasteiger partial charge in [0.2, 0.25) is 5.91 Å². The van der Waals surface area contributed by atoms with E-state index >= 15 is 0 Å². The number of carbonyl (C=O) groups is 1. The summed E-state index contributed by atoms with van der Waals surface area (Å²) in [5.41, 5.74) is 4.34. The molecule has 0 aliphatic carbocycles. The Bertz CT molecular complexity index is 1420. The van der Waals surface area contributed by atoms with Gasteiger partial charge in [0.1, 0.15) is 35.5 Å². The second-order valence-corrected chi connectivity index (χ2v) is 8.51. The van der Waals surface area contributed by atoms with Crippen molar-refractivity contribution in [2.45, 2.75) is 5.60 Å². The van der Waals surface area contributed by atoms with E-state index in [0.717, 1.165) is 27.9 Å². The van der Waals surface area contributed by atoms with E-state index in [1.165, 1.54) is 0 Å². The predicted molar refractivity (Wildman–Crippen MR) is 136 cm³/mol. The fourth-order valence-corrected chi connectivity index (χ4v) is 4.75. The molecule has 1 N–H and O–H groups in total. The second-order valence-electron chi connectivity index (χ2n) is 8.51. The average Bonchev–Trinajstić information content (AvgIpc) is 3.22. The highest BCUT2D eigenvalue weighted by Gasteiger charge is 2.42. The lowest BCUT2D eigenvalue weighted by molar-refractivity contribution is -0.123. The lowest BCUT2D eigenvalue weighted by Gasteiger charge is -2.35. The number of nitriles is 1. The Morgan fingerprint density at radius 3 is 2.06 bits per heavy atom. The van der Waals surface area contributed by atoms with Crippen molar-refractivity contribution in [3.8, 4) is 28.8 Å². The molecule has 1 amide bonds. The topological polar surface area (TPSA) is 85.5 Å². The van der Waals surface area contributed by atoms with Gasteiger partial charge in [0, 0.05) is 24.0 Å². The molecule has 0 radical (unpaired) electrons. The molecule has 1 aromatic heterocycles.